The lowest BCUT2D eigenvalue weighted by Crippen LogP contribution is -2.35. The van der Waals surface area contributed by atoms with E-state index in [-0.39, 0.29) is 0 Å². The summed E-state index contributed by atoms with van der Waals surface area (Å²) in [5, 5.41) is 0. The third kappa shape index (κ3) is 7.60. The van der Waals surface area contributed by atoms with Gasteiger partial charge in [0.25, 0.3) is 0 Å². The van der Waals surface area contributed by atoms with Crippen LogP contribution in [-0.4, -0.2) is 22.4 Å². The molecule has 27 heavy (non-hydrogen) atoms. The van der Waals surface area contributed by atoms with Crippen LogP contribution in [0.2, 0.25) is 0 Å². The smallest absolute Gasteiger partial charge is 0.127 e. The predicted molar refractivity (Wildman–Crippen MR) is 118 cm³/mol. The molecule has 0 saturated heterocycles. The minimum atomic E-state index is 0.370. The maximum atomic E-state index is 2.53. The summed E-state index contributed by atoms with van der Waals surface area (Å²) in [4.78, 5) is 5.01. The van der Waals surface area contributed by atoms with Gasteiger partial charge in [0.15, 0.2) is 0 Å². The summed E-state index contributed by atoms with van der Waals surface area (Å²) in [5.74, 6) is 0. The molecule has 0 amide bonds. The molecule has 0 fully saturated rings. The molecule has 1 unspecified atom stereocenters. The van der Waals surface area contributed by atoms with E-state index in [1.54, 1.807) is 0 Å². The topological polar surface area (TPSA) is 6.48 Å². The largest absolute Gasteiger partial charge is 0.352 e. The van der Waals surface area contributed by atoms with E-state index in [1.165, 1.54) is 76.2 Å². The van der Waals surface area contributed by atoms with Gasteiger partial charge in [-0.2, -0.15) is 0 Å². The van der Waals surface area contributed by atoms with Crippen LogP contribution in [0.1, 0.15) is 103 Å². The number of hydrogen-bond acceptors (Lipinski definition) is 2. The fourth-order valence-electron chi connectivity index (χ4n) is 4.10. The van der Waals surface area contributed by atoms with Crippen LogP contribution in [0.15, 0.2) is 42.7 Å². The molecule has 1 aromatic rings. The summed E-state index contributed by atoms with van der Waals surface area (Å²) in [6, 6.07) is 11.5. The van der Waals surface area contributed by atoms with Crippen molar-refractivity contribution >= 4 is 0 Å². The first-order chi connectivity index (χ1) is 13.2. The van der Waals surface area contributed by atoms with E-state index in [9.17, 15) is 0 Å². The van der Waals surface area contributed by atoms with Gasteiger partial charge in [0.05, 0.1) is 0 Å². The Bertz CT molecular complexity index is 508. The summed E-state index contributed by atoms with van der Waals surface area (Å²) in [5.41, 5.74) is 1.40. The summed E-state index contributed by atoms with van der Waals surface area (Å²) >= 11 is 0. The Hall–Kier alpha value is -1.44. The third-order valence-electron chi connectivity index (χ3n) is 5.74. The SMILES string of the molecule is CCCCCCCCCCCCCN1C=CN(C(C)C)C1c1ccccc1. The van der Waals surface area contributed by atoms with E-state index >= 15 is 0 Å². The Balaban J connectivity index is 1.63. The zero-order valence-corrected chi connectivity index (χ0v) is 18.1. The van der Waals surface area contributed by atoms with Gasteiger partial charge in [0, 0.05) is 25.0 Å². The highest BCUT2D eigenvalue weighted by Gasteiger charge is 2.28. The highest BCUT2D eigenvalue weighted by molar-refractivity contribution is 5.22. The molecule has 0 saturated carbocycles. The Morgan fingerprint density at radius 3 is 1.85 bits per heavy atom. The molecule has 0 spiro atoms. The van der Waals surface area contributed by atoms with Crippen LogP contribution in [0.3, 0.4) is 0 Å². The van der Waals surface area contributed by atoms with Crippen LogP contribution in [0.25, 0.3) is 0 Å². The van der Waals surface area contributed by atoms with Crippen LogP contribution in [-0.2, 0) is 0 Å². The second kappa shape index (κ2) is 12.9. The minimum absolute atomic E-state index is 0.370. The van der Waals surface area contributed by atoms with Crippen molar-refractivity contribution in [3.63, 3.8) is 0 Å². The molecule has 152 valence electrons. The molecular formula is C25H42N2. The third-order valence-corrected chi connectivity index (χ3v) is 5.74. The van der Waals surface area contributed by atoms with Crippen molar-refractivity contribution in [2.45, 2.75) is 104 Å². The first-order valence-corrected chi connectivity index (χ1v) is 11.5. The van der Waals surface area contributed by atoms with E-state index in [0.717, 1.165) is 6.54 Å². The number of rotatable bonds is 14. The molecule has 1 heterocycles. The van der Waals surface area contributed by atoms with Gasteiger partial charge in [-0.3, -0.25) is 0 Å². The number of benzene rings is 1. The first-order valence-electron chi connectivity index (χ1n) is 11.5. The van der Waals surface area contributed by atoms with Gasteiger partial charge in [-0.05, 0) is 25.8 Å². The molecule has 0 N–H and O–H groups in total. The van der Waals surface area contributed by atoms with Crippen LogP contribution >= 0.6 is 0 Å². The van der Waals surface area contributed by atoms with Gasteiger partial charge in [0.1, 0.15) is 6.17 Å². The van der Waals surface area contributed by atoms with Crippen molar-refractivity contribution in [1.29, 1.82) is 0 Å². The van der Waals surface area contributed by atoms with Gasteiger partial charge in [-0.25, -0.2) is 0 Å². The molecule has 0 aliphatic carbocycles. The van der Waals surface area contributed by atoms with Crippen LogP contribution < -0.4 is 0 Å². The van der Waals surface area contributed by atoms with Crippen LogP contribution in [0, 0.1) is 0 Å². The molecule has 2 rings (SSSR count). The molecule has 1 aliphatic rings. The van der Waals surface area contributed by atoms with Gasteiger partial charge >= 0.3 is 0 Å². The number of hydrogen-bond donors (Lipinski definition) is 0. The maximum Gasteiger partial charge on any atom is 0.127 e. The maximum absolute atomic E-state index is 2.53. The normalized spacial score (nSPS) is 16.7. The van der Waals surface area contributed by atoms with Crippen molar-refractivity contribution in [1.82, 2.24) is 9.80 Å². The predicted octanol–water partition coefficient (Wildman–Crippen LogP) is 7.49. The Labute approximate surface area is 168 Å². The second-order valence-corrected chi connectivity index (χ2v) is 8.40. The van der Waals surface area contributed by atoms with E-state index < -0.39 is 0 Å². The lowest BCUT2D eigenvalue weighted by Gasteiger charge is -2.35. The Kier molecular flexibility index (Phi) is 10.4. The monoisotopic (exact) mass is 370 g/mol. The zero-order chi connectivity index (χ0) is 19.3. The van der Waals surface area contributed by atoms with Crippen molar-refractivity contribution < 1.29 is 0 Å². The lowest BCUT2D eigenvalue weighted by atomic mass is 10.1. The minimum Gasteiger partial charge on any atom is -0.352 e. The molecule has 1 aromatic carbocycles. The number of unbranched alkanes of at least 4 members (excludes halogenated alkanes) is 10. The van der Waals surface area contributed by atoms with Crippen molar-refractivity contribution in [3.05, 3.63) is 48.3 Å². The van der Waals surface area contributed by atoms with E-state index in [2.05, 4.69) is 73.3 Å². The highest BCUT2D eigenvalue weighted by Crippen LogP contribution is 2.32. The molecule has 2 heteroatoms. The molecule has 0 bridgehead atoms. The highest BCUT2D eigenvalue weighted by atomic mass is 15.4. The molecule has 0 aromatic heterocycles. The standard InChI is InChI=1S/C25H42N2/c1-4-5-6-7-8-9-10-11-12-13-17-20-26-21-22-27(23(2)3)25(26)24-18-15-14-16-19-24/h14-16,18-19,21-23,25H,4-13,17,20H2,1-3H3. The van der Waals surface area contributed by atoms with Gasteiger partial charge < -0.3 is 9.80 Å². The molecule has 1 atom stereocenters. The van der Waals surface area contributed by atoms with Crippen LogP contribution in [0.4, 0.5) is 0 Å². The van der Waals surface area contributed by atoms with Crippen molar-refractivity contribution in [2.75, 3.05) is 6.54 Å². The van der Waals surface area contributed by atoms with Gasteiger partial charge in [0.2, 0.25) is 0 Å². The van der Waals surface area contributed by atoms with Crippen molar-refractivity contribution in [2.24, 2.45) is 0 Å². The number of nitrogens with zero attached hydrogens (tertiary/aromatic N) is 2. The second-order valence-electron chi connectivity index (χ2n) is 8.40. The summed E-state index contributed by atoms with van der Waals surface area (Å²) in [6.45, 7) is 8.02. The van der Waals surface area contributed by atoms with E-state index in [1.807, 2.05) is 0 Å². The zero-order valence-electron chi connectivity index (χ0n) is 18.1. The first kappa shape index (κ1) is 21.9. The Morgan fingerprint density at radius 2 is 1.30 bits per heavy atom. The summed E-state index contributed by atoms with van der Waals surface area (Å²) < 4.78 is 0. The van der Waals surface area contributed by atoms with E-state index in [4.69, 9.17) is 0 Å². The summed E-state index contributed by atoms with van der Waals surface area (Å²) in [7, 11) is 0. The molecule has 1 aliphatic heterocycles. The molecule has 2 nitrogen and oxygen atoms in total. The van der Waals surface area contributed by atoms with Gasteiger partial charge in [-0.15, -0.1) is 0 Å². The van der Waals surface area contributed by atoms with Gasteiger partial charge in [-0.1, -0.05) is 101 Å². The summed E-state index contributed by atoms with van der Waals surface area (Å²) in [6.07, 6.45) is 20.4. The average molecular weight is 371 g/mol. The fourth-order valence-corrected chi connectivity index (χ4v) is 4.10. The fraction of sp³-hybridized carbons (Fsp3) is 0.680. The lowest BCUT2D eigenvalue weighted by molar-refractivity contribution is 0.126. The average Bonchev–Trinajstić information content (AvgIpc) is 3.11. The molecule has 0 radical (unpaired) electrons. The quantitative estimate of drug-likeness (QED) is 0.313. The van der Waals surface area contributed by atoms with Crippen LogP contribution in [0.5, 0.6) is 0 Å². The van der Waals surface area contributed by atoms with E-state index in [0.29, 0.717) is 12.2 Å². The van der Waals surface area contributed by atoms with Crippen molar-refractivity contribution in [3.8, 4) is 0 Å². The molecular weight excluding hydrogens is 328 g/mol. The Morgan fingerprint density at radius 1 is 0.741 bits per heavy atom.